The number of nitrogens with zero attached hydrogens (tertiary/aromatic N) is 1. The fraction of sp³-hybridized carbons (Fsp3) is 1.00. The second kappa shape index (κ2) is 2.84. The van der Waals surface area contributed by atoms with E-state index in [0.29, 0.717) is 0 Å². The topological polar surface area (TPSA) is 29.3 Å². The lowest BCUT2D eigenvalue weighted by Crippen LogP contribution is -2.50. The van der Waals surface area contributed by atoms with Crippen molar-refractivity contribution in [1.29, 1.82) is 0 Å². The van der Waals surface area contributed by atoms with E-state index in [1.165, 1.54) is 0 Å². The van der Waals surface area contributed by atoms with Crippen molar-refractivity contribution in [3.8, 4) is 0 Å². The first-order valence-electron chi connectivity index (χ1n) is 3.70. The zero-order chi connectivity index (χ0) is 7.61. The lowest BCUT2D eigenvalue weighted by atomic mass is 9.90. The van der Waals surface area contributed by atoms with Crippen molar-refractivity contribution in [2.75, 3.05) is 26.8 Å². The fourth-order valence-electron chi connectivity index (χ4n) is 1.20. The van der Waals surface area contributed by atoms with Crippen molar-refractivity contribution in [3.63, 3.8) is 0 Å². The van der Waals surface area contributed by atoms with Crippen LogP contribution in [0.25, 0.3) is 0 Å². The van der Waals surface area contributed by atoms with Crippen LogP contribution in [0.2, 0.25) is 0 Å². The van der Waals surface area contributed by atoms with Gasteiger partial charge in [-0.3, -0.25) is 0 Å². The van der Waals surface area contributed by atoms with Crippen LogP contribution in [0.4, 0.5) is 4.39 Å². The van der Waals surface area contributed by atoms with Crippen LogP contribution in [0, 0.1) is 0 Å². The molecule has 1 saturated heterocycles. The first-order chi connectivity index (χ1) is 4.66. The molecule has 60 valence electrons. The summed E-state index contributed by atoms with van der Waals surface area (Å²) in [4.78, 5) is 2.18. The third kappa shape index (κ3) is 1.67. The molecule has 1 fully saturated rings. The molecule has 0 aliphatic carbocycles. The minimum atomic E-state index is -0.507. The first kappa shape index (κ1) is 7.95. The van der Waals surface area contributed by atoms with Crippen molar-refractivity contribution >= 4 is 0 Å². The maximum absolute atomic E-state index is 12.2. The van der Waals surface area contributed by atoms with Gasteiger partial charge in [-0.1, -0.05) is 0 Å². The van der Waals surface area contributed by atoms with E-state index >= 15 is 0 Å². The molecule has 0 aromatic carbocycles. The van der Waals surface area contributed by atoms with E-state index in [9.17, 15) is 4.39 Å². The van der Waals surface area contributed by atoms with E-state index in [-0.39, 0.29) is 6.67 Å². The Morgan fingerprint density at radius 2 is 2.00 bits per heavy atom. The van der Waals surface area contributed by atoms with Gasteiger partial charge in [0.25, 0.3) is 0 Å². The van der Waals surface area contributed by atoms with Gasteiger partial charge in [-0.15, -0.1) is 0 Å². The molecule has 0 bridgehead atoms. The zero-order valence-electron chi connectivity index (χ0n) is 6.44. The number of alkyl halides is 1. The van der Waals surface area contributed by atoms with Crippen molar-refractivity contribution in [2.45, 2.75) is 18.4 Å². The number of piperidine rings is 1. The Kier molecular flexibility index (Phi) is 2.26. The molecule has 0 aromatic rings. The Labute approximate surface area is 61.2 Å². The van der Waals surface area contributed by atoms with Crippen molar-refractivity contribution < 1.29 is 4.39 Å². The zero-order valence-corrected chi connectivity index (χ0v) is 6.44. The van der Waals surface area contributed by atoms with Gasteiger partial charge in [0.15, 0.2) is 0 Å². The summed E-state index contributed by atoms with van der Waals surface area (Å²) < 4.78 is 12.2. The summed E-state index contributed by atoms with van der Waals surface area (Å²) >= 11 is 0. The van der Waals surface area contributed by atoms with Crippen molar-refractivity contribution in [3.05, 3.63) is 0 Å². The summed E-state index contributed by atoms with van der Waals surface area (Å²) in [6.45, 7) is 1.49. The average molecular weight is 146 g/mol. The van der Waals surface area contributed by atoms with Gasteiger partial charge in [0.1, 0.15) is 6.67 Å². The normalized spacial score (nSPS) is 26.7. The molecule has 1 aliphatic rings. The van der Waals surface area contributed by atoms with E-state index < -0.39 is 5.54 Å². The van der Waals surface area contributed by atoms with Crippen LogP contribution >= 0.6 is 0 Å². The Bertz CT molecular complexity index is 108. The van der Waals surface area contributed by atoms with E-state index in [0.717, 1.165) is 25.9 Å². The maximum Gasteiger partial charge on any atom is 0.107 e. The van der Waals surface area contributed by atoms with Gasteiger partial charge in [-0.2, -0.15) is 0 Å². The summed E-state index contributed by atoms with van der Waals surface area (Å²) in [6, 6.07) is 0. The molecular weight excluding hydrogens is 131 g/mol. The second-order valence-electron chi connectivity index (χ2n) is 3.30. The molecule has 0 radical (unpaired) electrons. The monoisotopic (exact) mass is 146 g/mol. The van der Waals surface area contributed by atoms with Crippen LogP contribution in [0.15, 0.2) is 0 Å². The van der Waals surface area contributed by atoms with Gasteiger partial charge in [-0.25, -0.2) is 4.39 Å². The quantitative estimate of drug-likeness (QED) is 0.579. The lowest BCUT2D eigenvalue weighted by Gasteiger charge is -2.35. The minimum Gasteiger partial charge on any atom is -0.323 e. The smallest absolute Gasteiger partial charge is 0.107 e. The highest BCUT2D eigenvalue weighted by Gasteiger charge is 2.28. The van der Waals surface area contributed by atoms with Crippen LogP contribution in [0.1, 0.15) is 12.8 Å². The lowest BCUT2D eigenvalue weighted by molar-refractivity contribution is 0.162. The van der Waals surface area contributed by atoms with Gasteiger partial charge >= 0.3 is 0 Å². The van der Waals surface area contributed by atoms with E-state index in [4.69, 9.17) is 5.73 Å². The van der Waals surface area contributed by atoms with Gasteiger partial charge < -0.3 is 10.6 Å². The summed E-state index contributed by atoms with van der Waals surface area (Å²) in [5.41, 5.74) is 5.21. The van der Waals surface area contributed by atoms with Crippen LogP contribution in [-0.4, -0.2) is 37.3 Å². The van der Waals surface area contributed by atoms with Crippen LogP contribution in [0.5, 0.6) is 0 Å². The maximum atomic E-state index is 12.2. The second-order valence-corrected chi connectivity index (χ2v) is 3.30. The number of likely N-dealkylation sites (tertiary alicyclic amines) is 1. The molecule has 2 nitrogen and oxygen atoms in total. The van der Waals surface area contributed by atoms with Crippen molar-refractivity contribution in [2.24, 2.45) is 5.73 Å². The summed E-state index contributed by atoms with van der Waals surface area (Å²) in [6.07, 6.45) is 1.58. The number of hydrogen-bond acceptors (Lipinski definition) is 2. The number of rotatable bonds is 1. The van der Waals surface area contributed by atoms with Crippen LogP contribution in [-0.2, 0) is 0 Å². The molecule has 1 rings (SSSR count). The first-order valence-corrected chi connectivity index (χ1v) is 3.70. The Balaban J connectivity index is 2.38. The Hall–Kier alpha value is -0.150. The summed E-state index contributed by atoms with van der Waals surface area (Å²) in [5, 5.41) is 0. The fourth-order valence-corrected chi connectivity index (χ4v) is 1.20. The highest BCUT2D eigenvalue weighted by Crippen LogP contribution is 2.18. The van der Waals surface area contributed by atoms with Crippen molar-refractivity contribution in [1.82, 2.24) is 4.90 Å². The third-order valence-electron chi connectivity index (χ3n) is 2.25. The summed E-state index contributed by atoms with van der Waals surface area (Å²) in [5.74, 6) is 0. The SMILES string of the molecule is CN1CCC(N)(CF)CC1. The van der Waals surface area contributed by atoms with Gasteiger partial charge in [-0.05, 0) is 33.0 Å². The molecule has 0 atom stereocenters. The largest absolute Gasteiger partial charge is 0.323 e. The molecule has 0 aromatic heterocycles. The van der Waals surface area contributed by atoms with E-state index in [1.807, 2.05) is 7.05 Å². The molecule has 0 amide bonds. The highest BCUT2D eigenvalue weighted by atomic mass is 19.1. The number of halogens is 1. The Morgan fingerprint density at radius 1 is 1.50 bits per heavy atom. The van der Waals surface area contributed by atoms with Crippen LogP contribution < -0.4 is 5.73 Å². The molecule has 0 spiro atoms. The molecule has 2 N–H and O–H groups in total. The minimum absolute atomic E-state index is 0.374. The van der Waals surface area contributed by atoms with E-state index in [1.54, 1.807) is 0 Å². The van der Waals surface area contributed by atoms with Gasteiger partial charge in [0, 0.05) is 5.54 Å². The molecular formula is C7H15FN2. The molecule has 3 heteroatoms. The molecule has 10 heavy (non-hydrogen) atoms. The Morgan fingerprint density at radius 3 is 2.40 bits per heavy atom. The predicted molar refractivity (Wildman–Crippen MR) is 39.6 cm³/mol. The average Bonchev–Trinajstić information content (AvgIpc) is 1.96. The molecule has 0 unspecified atom stereocenters. The highest BCUT2D eigenvalue weighted by molar-refractivity contribution is 4.88. The number of nitrogens with two attached hydrogens (primary N) is 1. The summed E-state index contributed by atoms with van der Waals surface area (Å²) in [7, 11) is 2.04. The standard InChI is InChI=1S/C7H15FN2/c1-10-4-2-7(9,6-8)3-5-10/h2-6,9H2,1H3. The van der Waals surface area contributed by atoms with Gasteiger partial charge in [0.05, 0.1) is 0 Å². The third-order valence-corrected chi connectivity index (χ3v) is 2.25. The van der Waals surface area contributed by atoms with E-state index in [2.05, 4.69) is 4.90 Å². The molecule has 0 saturated carbocycles. The predicted octanol–water partition coefficient (Wildman–Crippen LogP) is 0.379. The molecule has 1 aliphatic heterocycles. The number of hydrogen-bond donors (Lipinski definition) is 1. The van der Waals surface area contributed by atoms with Crippen LogP contribution in [0.3, 0.4) is 0 Å². The molecule has 1 heterocycles. The van der Waals surface area contributed by atoms with Gasteiger partial charge in [0.2, 0.25) is 0 Å².